The minimum atomic E-state index is -0.0106. The van der Waals surface area contributed by atoms with Crippen molar-refractivity contribution >= 4 is 17.5 Å². The Morgan fingerprint density at radius 3 is 2.19 bits per heavy atom. The summed E-state index contributed by atoms with van der Waals surface area (Å²) in [5, 5.41) is 5.11. The molecule has 0 bridgehead atoms. The largest absolute Gasteiger partial charge is 0.337 e. The van der Waals surface area contributed by atoms with E-state index < -0.39 is 0 Å². The Kier molecular flexibility index (Phi) is 5.14. The second-order valence-corrected chi connectivity index (χ2v) is 6.97. The van der Waals surface area contributed by atoms with E-state index in [1.165, 1.54) is 5.56 Å². The third-order valence-corrected chi connectivity index (χ3v) is 5.00. The van der Waals surface area contributed by atoms with Gasteiger partial charge in [0.25, 0.3) is 5.91 Å². The first-order chi connectivity index (χ1) is 12.4. The van der Waals surface area contributed by atoms with Gasteiger partial charge in [-0.15, -0.1) is 0 Å². The third kappa shape index (κ3) is 3.65. The zero-order chi connectivity index (χ0) is 18.8. The molecule has 0 saturated carbocycles. The predicted octanol–water partition coefficient (Wildman–Crippen LogP) is 4.72. The van der Waals surface area contributed by atoms with E-state index in [1.807, 2.05) is 45.2 Å². The molecule has 0 spiro atoms. The molecule has 0 aliphatic heterocycles. The van der Waals surface area contributed by atoms with Crippen LogP contribution in [0.3, 0.4) is 0 Å². The quantitative estimate of drug-likeness (QED) is 0.669. The Morgan fingerprint density at radius 2 is 1.65 bits per heavy atom. The molecule has 0 atom stereocenters. The number of nitrogens with zero attached hydrogens (tertiary/aromatic N) is 3. The molecule has 26 heavy (non-hydrogen) atoms. The minimum Gasteiger partial charge on any atom is -0.337 e. The van der Waals surface area contributed by atoms with E-state index in [0.717, 1.165) is 22.6 Å². The normalized spacial score (nSPS) is 10.8. The molecule has 134 valence electrons. The van der Waals surface area contributed by atoms with Gasteiger partial charge >= 0.3 is 0 Å². The number of hydrogen-bond acceptors (Lipinski definition) is 2. The van der Waals surface area contributed by atoms with Crippen LogP contribution in [0.4, 0.5) is 0 Å². The fraction of sp³-hybridized carbons (Fsp3) is 0.238. The Morgan fingerprint density at radius 1 is 1.04 bits per heavy atom. The number of benzene rings is 2. The van der Waals surface area contributed by atoms with Crippen LogP contribution in [0.15, 0.2) is 48.5 Å². The van der Waals surface area contributed by atoms with Crippen molar-refractivity contribution in [2.75, 3.05) is 7.05 Å². The molecule has 0 saturated heterocycles. The summed E-state index contributed by atoms with van der Waals surface area (Å²) in [6, 6.07) is 15.7. The van der Waals surface area contributed by atoms with Crippen LogP contribution in [0.1, 0.15) is 32.9 Å². The van der Waals surface area contributed by atoms with Gasteiger partial charge in [-0.2, -0.15) is 5.10 Å². The first-order valence-electron chi connectivity index (χ1n) is 8.50. The van der Waals surface area contributed by atoms with Gasteiger partial charge in [-0.1, -0.05) is 41.4 Å². The lowest BCUT2D eigenvalue weighted by Crippen LogP contribution is -2.26. The second kappa shape index (κ2) is 7.34. The highest BCUT2D eigenvalue weighted by Gasteiger charge is 2.14. The predicted molar refractivity (Wildman–Crippen MR) is 105 cm³/mol. The maximum absolute atomic E-state index is 12.7. The van der Waals surface area contributed by atoms with Crippen molar-refractivity contribution in [1.82, 2.24) is 14.7 Å². The Bertz CT molecular complexity index is 927. The van der Waals surface area contributed by atoms with Crippen LogP contribution in [0, 0.1) is 20.8 Å². The number of aromatic nitrogens is 2. The molecular weight excluding hydrogens is 346 g/mol. The maximum Gasteiger partial charge on any atom is 0.253 e. The molecule has 3 rings (SSSR count). The van der Waals surface area contributed by atoms with E-state index in [9.17, 15) is 4.79 Å². The van der Waals surface area contributed by atoms with Crippen LogP contribution in [0.2, 0.25) is 5.02 Å². The summed E-state index contributed by atoms with van der Waals surface area (Å²) < 4.78 is 1.79. The number of hydrogen-bond donors (Lipinski definition) is 0. The van der Waals surface area contributed by atoms with E-state index in [0.29, 0.717) is 17.1 Å². The standard InChI is InChI=1S/C21H22ClN3O/c1-14-5-7-17(8-6-14)13-24(4)21(26)18-9-11-19(12-10-18)25-16(3)20(22)15(2)23-25/h5-12H,13H2,1-4H3. The third-order valence-electron chi connectivity index (χ3n) is 4.45. The van der Waals surface area contributed by atoms with E-state index in [1.54, 1.807) is 9.58 Å². The van der Waals surface area contributed by atoms with Gasteiger partial charge in [0.05, 0.1) is 22.1 Å². The molecule has 0 aliphatic rings. The molecule has 3 aromatic rings. The first-order valence-corrected chi connectivity index (χ1v) is 8.88. The molecule has 4 nitrogen and oxygen atoms in total. The topological polar surface area (TPSA) is 38.1 Å². The van der Waals surface area contributed by atoms with Gasteiger partial charge < -0.3 is 4.90 Å². The van der Waals surface area contributed by atoms with E-state index in [2.05, 4.69) is 36.3 Å². The first kappa shape index (κ1) is 18.2. The molecule has 2 aromatic carbocycles. The van der Waals surface area contributed by atoms with Gasteiger partial charge in [-0.3, -0.25) is 4.79 Å². The molecule has 0 fully saturated rings. The number of aryl methyl sites for hydroxylation is 2. The number of rotatable bonds is 4. The summed E-state index contributed by atoms with van der Waals surface area (Å²) in [4.78, 5) is 14.4. The zero-order valence-corrected chi connectivity index (χ0v) is 16.2. The van der Waals surface area contributed by atoms with Crippen molar-refractivity contribution < 1.29 is 4.79 Å². The fourth-order valence-corrected chi connectivity index (χ4v) is 3.00. The highest BCUT2D eigenvalue weighted by molar-refractivity contribution is 6.31. The van der Waals surface area contributed by atoms with Gasteiger partial charge in [-0.05, 0) is 50.6 Å². The van der Waals surface area contributed by atoms with Gasteiger partial charge in [0, 0.05) is 19.2 Å². The molecular formula is C21H22ClN3O. The van der Waals surface area contributed by atoms with Crippen LogP contribution in [0.25, 0.3) is 5.69 Å². The summed E-state index contributed by atoms with van der Waals surface area (Å²) in [7, 11) is 1.82. The zero-order valence-electron chi connectivity index (χ0n) is 15.5. The summed E-state index contributed by atoms with van der Waals surface area (Å²) in [6.07, 6.45) is 0. The van der Waals surface area contributed by atoms with Gasteiger partial charge in [0.1, 0.15) is 0 Å². The molecule has 1 heterocycles. The van der Waals surface area contributed by atoms with Crippen LogP contribution < -0.4 is 0 Å². The molecule has 0 N–H and O–H groups in total. The van der Waals surface area contributed by atoms with Crippen molar-refractivity contribution in [1.29, 1.82) is 0 Å². The monoisotopic (exact) mass is 367 g/mol. The lowest BCUT2D eigenvalue weighted by atomic mass is 10.1. The van der Waals surface area contributed by atoms with Crippen molar-refractivity contribution in [2.24, 2.45) is 0 Å². The number of carbonyl (C=O) groups is 1. The highest BCUT2D eigenvalue weighted by Crippen LogP contribution is 2.22. The van der Waals surface area contributed by atoms with Crippen LogP contribution in [-0.4, -0.2) is 27.6 Å². The van der Waals surface area contributed by atoms with Crippen molar-refractivity contribution in [2.45, 2.75) is 27.3 Å². The SMILES string of the molecule is Cc1ccc(CN(C)C(=O)c2ccc(-n3nc(C)c(Cl)c3C)cc2)cc1. The highest BCUT2D eigenvalue weighted by atomic mass is 35.5. The summed E-state index contributed by atoms with van der Waals surface area (Å²) >= 11 is 6.21. The van der Waals surface area contributed by atoms with Crippen LogP contribution in [-0.2, 0) is 6.54 Å². The lowest BCUT2D eigenvalue weighted by Gasteiger charge is -2.18. The molecule has 0 unspecified atom stereocenters. The fourth-order valence-electron chi connectivity index (χ4n) is 2.88. The average Bonchev–Trinajstić information content (AvgIpc) is 2.90. The van der Waals surface area contributed by atoms with E-state index in [-0.39, 0.29) is 5.91 Å². The molecule has 5 heteroatoms. The van der Waals surface area contributed by atoms with E-state index in [4.69, 9.17) is 11.6 Å². The Labute approximate surface area is 159 Å². The van der Waals surface area contributed by atoms with Crippen molar-refractivity contribution in [3.05, 3.63) is 81.6 Å². The van der Waals surface area contributed by atoms with E-state index >= 15 is 0 Å². The van der Waals surface area contributed by atoms with Crippen LogP contribution >= 0.6 is 11.6 Å². The number of halogens is 1. The van der Waals surface area contributed by atoms with Crippen LogP contribution in [0.5, 0.6) is 0 Å². The summed E-state index contributed by atoms with van der Waals surface area (Å²) in [5.74, 6) is -0.0106. The maximum atomic E-state index is 12.7. The average molecular weight is 368 g/mol. The minimum absolute atomic E-state index is 0.0106. The van der Waals surface area contributed by atoms with Crippen molar-refractivity contribution in [3.8, 4) is 5.69 Å². The molecule has 1 amide bonds. The summed E-state index contributed by atoms with van der Waals surface area (Å²) in [5.41, 5.74) is 5.54. The lowest BCUT2D eigenvalue weighted by molar-refractivity contribution is 0.0785. The smallest absolute Gasteiger partial charge is 0.253 e. The van der Waals surface area contributed by atoms with Gasteiger partial charge in [0.15, 0.2) is 0 Å². The number of amides is 1. The molecule has 0 radical (unpaired) electrons. The van der Waals surface area contributed by atoms with Crippen molar-refractivity contribution in [3.63, 3.8) is 0 Å². The molecule has 0 aliphatic carbocycles. The Hall–Kier alpha value is -2.59. The van der Waals surface area contributed by atoms with Gasteiger partial charge in [0.2, 0.25) is 0 Å². The Balaban J connectivity index is 1.76. The summed E-state index contributed by atoms with van der Waals surface area (Å²) in [6.45, 7) is 6.44. The second-order valence-electron chi connectivity index (χ2n) is 6.59. The molecule has 1 aromatic heterocycles. The van der Waals surface area contributed by atoms with Gasteiger partial charge in [-0.25, -0.2) is 4.68 Å². The number of carbonyl (C=O) groups excluding carboxylic acids is 1.